The van der Waals surface area contributed by atoms with Gasteiger partial charge in [0.1, 0.15) is 5.75 Å². The summed E-state index contributed by atoms with van der Waals surface area (Å²) in [5, 5.41) is 2.80. The number of carbonyl (C=O) groups is 1. The molecule has 0 saturated heterocycles. The van der Waals surface area contributed by atoms with Crippen molar-refractivity contribution in [3.8, 4) is 5.75 Å². The van der Waals surface area contributed by atoms with Gasteiger partial charge in [-0.05, 0) is 57.4 Å². The molecule has 94 valence electrons. The van der Waals surface area contributed by atoms with E-state index in [0.29, 0.717) is 0 Å². The van der Waals surface area contributed by atoms with Crippen LogP contribution in [0.4, 0.5) is 0 Å². The van der Waals surface area contributed by atoms with Gasteiger partial charge < -0.3 is 10.1 Å². The van der Waals surface area contributed by atoms with E-state index in [-0.39, 0.29) is 18.6 Å². The van der Waals surface area contributed by atoms with E-state index in [9.17, 15) is 4.79 Å². The average Bonchev–Trinajstić information content (AvgIpc) is 2.20. The molecule has 0 fully saturated rings. The first-order valence-corrected chi connectivity index (χ1v) is 5.90. The van der Waals surface area contributed by atoms with Gasteiger partial charge in [0.15, 0.2) is 6.61 Å². The third-order valence-corrected chi connectivity index (χ3v) is 2.57. The van der Waals surface area contributed by atoms with E-state index in [2.05, 4.69) is 11.4 Å². The van der Waals surface area contributed by atoms with Crippen molar-refractivity contribution in [2.45, 2.75) is 40.7 Å². The zero-order chi connectivity index (χ0) is 13.0. The van der Waals surface area contributed by atoms with E-state index in [1.807, 2.05) is 40.7 Å². The molecule has 3 nitrogen and oxygen atoms in total. The molecule has 0 atom stereocenters. The van der Waals surface area contributed by atoms with Crippen molar-refractivity contribution < 1.29 is 9.53 Å². The lowest BCUT2D eigenvalue weighted by atomic mass is 10.1. The Labute approximate surface area is 103 Å². The summed E-state index contributed by atoms with van der Waals surface area (Å²) in [6, 6.07) is 4.22. The summed E-state index contributed by atoms with van der Waals surface area (Å²) < 4.78 is 5.55. The van der Waals surface area contributed by atoms with Gasteiger partial charge in [0.05, 0.1) is 0 Å². The van der Waals surface area contributed by atoms with Gasteiger partial charge in [0.25, 0.3) is 5.91 Å². The average molecular weight is 235 g/mol. The van der Waals surface area contributed by atoms with Crippen molar-refractivity contribution in [2.24, 2.45) is 0 Å². The third kappa shape index (κ3) is 4.10. The summed E-state index contributed by atoms with van der Waals surface area (Å²) in [6.45, 7) is 10.0. The van der Waals surface area contributed by atoms with Gasteiger partial charge in [-0.25, -0.2) is 0 Å². The summed E-state index contributed by atoms with van der Waals surface area (Å²) in [7, 11) is 0. The van der Waals surface area contributed by atoms with Crippen molar-refractivity contribution in [3.05, 3.63) is 28.8 Å². The minimum Gasteiger partial charge on any atom is -0.483 e. The number of hydrogen-bond donors (Lipinski definition) is 1. The van der Waals surface area contributed by atoms with Crippen LogP contribution in [0.15, 0.2) is 12.1 Å². The molecule has 3 heteroatoms. The van der Waals surface area contributed by atoms with Crippen LogP contribution >= 0.6 is 0 Å². The molecule has 1 rings (SSSR count). The van der Waals surface area contributed by atoms with Crippen molar-refractivity contribution in [2.75, 3.05) is 6.61 Å². The number of hydrogen-bond acceptors (Lipinski definition) is 2. The van der Waals surface area contributed by atoms with Crippen LogP contribution in [0.25, 0.3) is 0 Å². The monoisotopic (exact) mass is 235 g/mol. The van der Waals surface area contributed by atoms with Gasteiger partial charge in [-0.15, -0.1) is 0 Å². The standard InChI is InChI=1S/C14H21NO2/c1-9(2)15-14(16)8-17-13-7-10(3)6-11(4)12(13)5/h6-7,9H,8H2,1-5H3,(H,15,16). The Hall–Kier alpha value is -1.51. The predicted octanol–water partition coefficient (Wildman–Crippen LogP) is 2.52. The van der Waals surface area contributed by atoms with E-state index in [0.717, 1.165) is 16.9 Å². The second-order valence-corrected chi connectivity index (χ2v) is 4.72. The van der Waals surface area contributed by atoms with Crippen molar-refractivity contribution in [3.63, 3.8) is 0 Å². The van der Waals surface area contributed by atoms with Gasteiger partial charge in [0.2, 0.25) is 0 Å². The molecule has 1 aromatic rings. The lowest BCUT2D eigenvalue weighted by Gasteiger charge is -2.13. The molecular weight excluding hydrogens is 214 g/mol. The summed E-state index contributed by atoms with van der Waals surface area (Å²) in [5.41, 5.74) is 3.42. The molecule has 0 aromatic heterocycles. The first-order valence-electron chi connectivity index (χ1n) is 5.90. The van der Waals surface area contributed by atoms with Gasteiger partial charge in [-0.2, -0.15) is 0 Å². The molecular formula is C14H21NO2. The Kier molecular flexibility index (Phi) is 4.55. The van der Waals surface area contributed by atoms with Crippen LogP contribution in [0.5, 0.6) is 5.75 Å². The summed E-state index contributed by atoms with van der Waals surface area (Å²) >= 11 is 0. The molecule has 0 saturated carbocycles. The number of amides is 1. The van der Waals surface area contributed by atoms with Crippen LogP contribution in [0.1, 0.15) is 30.5 Å². The van der Waals surface area contributed by atoms with Crippen LogP contribution < -0.4 is 10.1 Å². The fourth-order valence-corrected chi connectivity index (χ4v) is 1.66. The summed E-state index contributed by atoms with van der Waals surface area (Å²) in [4.78, 5) is 11.5. The van der Waals surface area contributed by atoms with E-state index < -0.39 is 0 Å². The highest BCUT2D eigenvalue weighted by molar-refractivity contribution is 5.77. The maximum atomic E-state index is 11.5. The summed E-state index contributed by atoms with van der Waals surface area (Å²) in [6.07, 6.45) is 0. The van der Waals surface area contributed by atoms with Crippen molar-refractivity contribution in [1.29, 1.82) is 0 Å². The topological polar surface area (TPSA) is 38.3 Å². The number of rotatable bonds is 4. The zero-order valence-electron chi connectivity index (χ0n) is 11.3. The van der Waals surface area contributed by atoms with Crippen LogP contribution in [0.2, 0.25) is 0 Å². The number of nitrogens with one attached hydrogen (secondary N) is 1. The fraction of sp³-hybridized carbons (Fsp3) is 0.500. The Balaban J connectivity index is 2.66. The maximum Gasteiger partial charge on any atom is 0.258 e. The van der Waals surface area contributed by atoms with E-state index in [1.165, 1.54) is 5.56 Å². The second-order valence-electron chi connectivity index (χ2n) is 4.72. The minimum atomic E-state index is -0.0847. The number of aryl methyl sites for hydroxylation is 2. The van der Waals surface area contributed by atoms with Crippen LogP contribution in [0, 0.1) is 20.8 Å². The first kappa shape index (κ1) is 13.6. The Bertz CT molecular complexity index is 411. The Morgan fingerprint density at radius 2 is 1.94 bits per heavy atom. The van der Waals surface area contributed by atoms with Crippen LogP contribution in [0.3, 0.4) is 0 Å². The van der Waals surface area contributed by atoms with Crippen molar-refractivity contribution in [1.82, 2.24) is 5.32 Å². The number of benzene rings is 1. The van der Waals surface area contributed by atoms with Gasteiger partial charge >= 0.3 is 0 Å². The predicted molar refractivity (Wildman–Crippen MR) is 69.4 cm³/mol. The van der Waals surface area contributed by atoms with Gasteiger partial charge in [0, 0.05) is 6.04 Å². The molecule has 1 amide bonds. The van der Waals surface area contributed by atoms with E-state index in [1.54, 1.807) is 0 Å². The number of ether oxygens (including phenoxy) is 1. The molecule has 0 unspecified atom stereocenters. The molecule has 1 aromatic carbocycles. The molecule has 0 aliphatic rings. The second kappa shape index (κ2) is 5.71. The normalized spacial score (nSPS) is 10.5. The smallest absolute Gasteiger partial charge is 0.258 e. The zero-order valence-corrected chi connectivity index (χ0v) is 11.3. The molecule has 0 heterocycles. The maximum absolute atomic E-state index is 11.5. The van der Waals surface area contributed by atoms with Crippen molar-refractivity contribution >= 4 is 5.91 Å². The van der Waals surface area contributed by atoms with E-state index >= 15 is 0 Å². The van der Waals surface area contributed by atoms with Gasteiger partial charge in [-0.3, -0.25) is 4.79 Å². The Morgan fingerprint density at radius 3 is 2.53 bits per heavy atom. The highest BCUT2D eigenvalue weighted by Crippen LogP contribution is 2.23. The fourth-order valence-electron chi connectivity index (χ4n) is 1.66. The first-order chi connectivity index (χ1) is 7.90. The minimum absolute atomic E-state index is 0.0713. The molecule has 0 spiro atoms. The molecule has 17 heavy (non-hydrogen) atoms. The highest BCUT2D eigenvalue weighted by atomic mass is 16.5. The van der Waals surface area contributed by atoms with E-state index in [4.69, 9.17) is 4.74 Å². The lowest BCUT2D eigenvalue weighted by molar-refractivity contribution is -0.123. The molecule has 1 N–H and O–H groups in total. The quantitative estimate of drug-likeness (QED) is 0.870. The molecule has 0 radical (unpaired) electrons. The molecule has 0 aliphatic carbocycles. The largest absolute Gasteiger partial charge is 0.483 e. The lowest BCUT2D eigenvalue weighted by Crippen LogP contribution is -2.34. The SMILES string of the molecule is Cc1cc(C)c(C)c(OCC(=O)NC(C)C)c1. The van der Waals surface area contributed by atoms with Crippen LogP contribution in [-0.2, 0) is 4.79 Å². The molecule has 0 bridgehead atoms. The van der Waals surface area contributed by atoms with Crippen LogP contribution in [-0.4, -0.2) is 18.6 Å². The van der Waals surface area contributed by atoms with Gasteiger partial charge in [-0.1, -0.05) is 6.07 Å². The highest BCUT2D eigenvalue weighted by Gasteiger charge is 2.07. The molecule has 0 aliphatic heterocycles. The Morgan fingerprint density at radius 1 is 1.29 bits per heavy atom. The summed E-state index contributed by atoms with van der Waals surface area (Å²) in [5.74, 6) is 0.708. The third-order valence-electron chi connectivity index (χ3n) is 2.57. The number of carbonyl (C=O) groups excluding carboxylic acids is 1.